The van der Waals surface area contributed by atoms with Gasteiger partial charge in [0.05, 0.1) is 0 Å². The molecule has 0 unspecified atom stereocenters. The summed E-state index contributed by atoms with van der Waals surface area (Å²) in [5.41, 5.74) is 7.67. The van der Waals surface area contributed by atoms with Crippen molar-refractivity contribution >= 4 is 24.0 Å². The number of hydrogen-bond acceptors (Lipinski definition) is 4. The highest BCUT2D eigenvalue weighted by atomic mass is 35.5. The van der Waals surface area contributed by atoms with Gasteiger partial charge in [0.25, 0.3) is 0 Å². The Morgan fingerprint density at radius 2 is 1.92 bits per heavy atom. The van der Waals surface area contributed by atoms with Crippen LogP contribution in [0.1, 0.15) is 38.5 Å². The molecule has 4 N–H and O–H groups in total. The number of anilines is 1. The Balaban J connectivity index is 0.00000208. The number of nitrogens with one attached hydrogen (secondary N) is 2. The van der Waals surface area contributed by atoms with Crippen molar-refractivity contribution in [1.82, 2.24) is 15.2 Å². The van der Waals surface area contributed by atoms with E-state index in [4.69, 9.17) is 5.73 Å². The van der Waals surface area contributed by atoms with E-state index in [1.807, 2.05) is 24.3 Å². The molecule has 1 amide bonds. The number of aromatic amines is 1. The van der Waals surface area contributed by atoms with Gasteiger partial charge in [0.1, 0.15) is 6.33 Å². The zero-order valence-electron chi connectivity index (χ0n) is 13.6. The van der Waals surface area contributed by atoms with Gasteiger partial charge in [0.15, 0.2) is 5.82 Å². The van der Waals surface area contributed by atoms with Crippen LogP contribution in [0.25, 0.3) is 11.4 Å². The fourth-order valence-electron chi connectivity index (χ4n) is 3.36. The third-order valence-electron chi connectivity index (χ3n) is 4.74. The minimum Gasteiger partial charge on any atom is -0.330 e. The van der Waals surface area contributed by atoms with Gasteiger partial charge < -0.3 is 11.1 Å². The number of halogens is 1. The Hall–Kier alpha value is -1.92. The Morgan fingerprint density at radius 1 is 1.21 bits per heavy atom. The van der Waals surface area contributed by atoms with E-state index >= 15 is 0 Å². The molecule has 0 bridgehead atoms. The quantitative estimate of drug-likeness (QED) is 0.772. The molecule has 3 rings (SSSR count). The average molecular weight is 350 g/mol. The number of carbonyl (C=O) groups excluding carboxylic acids is 1. The van der Waals surface area contributed by atoms with Crippen LogP contribution in [0.3, 0.4) is 0 Å². The Kier molecular flexibility index (Phi) is 6.34. The maximum Gasteiger partial charge on any atom is 0.224 e. The van der Waals surface area contributed by atoms with Crippen LogP contribution in [-0.2, 0) is 4.79 Å². The molecular weight excluding hydrogens is 326 g/mol. The maximum absolute atomic E-state index is 12.4. The molecule has 0 radical (unpaired) electrons. The van der Waals surface area contributed by atoms with E-state index in [1.165, 1.54) is 25.6 Å². The van der Waals surface area contributed by atoms with Gasteiger partial charge in [-0.1, -0.05) is 19.3 Å². The van der Waals surface area contributed by atoms with E-state index in [2.05, 4.69) is 20.5 Å². The summed E-state index contributed by atoms with van der Waals surface area (Å²) < 4.78 is 0. The number of aromatic nitrogens is 3. The lowest BCUT2D eigenvalue weighted by Crippen LogP contribution is -2.36. The van der Waals surface area contributed by atoms with Gasteiger partial charge in [-0.05, 0) is 49.1 Å². The second kappa shape index (κ2) is 8.26. The number of hydrogen-bond donors (Lipinski definition) is 3. The second-order valence-corrected chi connectivity index (χ2v) is 6.40. The summed E-state index contributed by atoms with van der Waals surface area (Å²) in [5.74, 6) is 0.761. The zero-order valence-corrected chi connectivity index (χ0v) is 14.4. The van der Waals surface area contributed by atoms with Gasteiger partial charge in [-0.15, -0.1) is 12.4 Å². The third kappa shape index (κ3) is 4.33. The number of carbonyl (C=O) groups is 1. The van der Waals surface area contributed by atoms with E-state index in [1.54, 1.807) is 0 Å². The first-order chi connectivity index (χ1) is 11.2. The van der Waals surface area contributed by atoms with Crippen molar-refractivity contribution < 1.29 is 4.79 Å². The molecular formula is C17H24ClN5O. The highest BCUT2D eigenvalue weighted by molar-refractivity contribution is 5.91. The number of benzene rings is 1. The molecule has 0 aliphatic heterocycles. The van der Waals surface area contributed by atoms with E-state index in [0.29, 0.717) is 18.8 Å². The van der Waals surface area contributed by atoms with E-state index in [9.17, 15) is 4.79 Å². The molecule has 1 aliphatic carbocycles. The molecule has 1 heterocycles. The lowest BCUT2D eigenvalue weighted by molar-refractivity contribution is -0.118. The lowest BCUT2D eigenvalue weighted by atomic mass is 9.71. The van der Waals surface area contributed by atoms with E-state index in [-0.39, 0.29) is 23.7 Å². The Bertz CT molecular complexity index is 636. The van der Waals surface area contributed by atoms with Crippen LogP contribution in [0.15, 0.2) is 30.6 Å². The fourth-order valence-corrected chi connectivity index (χ4v) is 3.36. The highest BCUT2D eigenvalue weighted by Crippen LogP contribution is 2.38. The van der Waals surface area contributed by atoms with Crippen molar-refractivity contribution in [2.45, 2.75) is 38.5 Å². The van der Waals surface area contributed by atoms with Crippen molar-refractivity contribution in [2.75, 3.05) is 11.9 Å². The average Bonchev–Trinajstić information content (AvgIpc) is 3.11. The summed E-state index contributed by atoms with van der Waals surface area (Å²) >= 11 is 0. The summed E-state index contributed by atoms with van der Waals surface area (Å²) in [5, 5.41) is 9.63. The molecule has 1 saturated carbocycles. The van der Waals surface area contributed by atoms with Crippen LogP contribution < -0.4 is 11.1 Å². The van der Waals surface area contributed by atoms with Crippen LogP contribution in [0.4, 0.5) is 5.69 Å². The van der Waals surface area contributed by atoms with Crippen LogP contribution in [-0.4, -0.2) is 27.6 Å². The predicted octanol–water partition coefficient (Wildman–Crippen LogP) is 3.13. The van der Waals surface area contributed by atoms with Gasteiger partial charge in [-0.3, -0.25) is 9.89 Å². The molecule has 1 aromatic heterocycles. The van der Waals surface area contributed by atoms with Gasteiger partial charge >= 0.3 is 0 Å². The van der Waals surface area contributed by atoms with Crippen LogP contribution >= 0.6 is 12.4 Å². The van der Waals surface area contributed by atoms with E-state index < -0.39 is 0 Å². The first-order valence-electron chi connectivity index (χ1n) is 8.17. The summed E-state index contributed by atoms with van der Waals surface area (Å²) in [7, 11) is 0. The first kappa shape index (κ1) is 18.4. The number of amides is 1. The minimum absolute atomic E-state index is 0. The second-order valence-electron chi connectivity index (χ2n) is 6.40. The fraction of sp³-hybridized carbons (Fsp3) is 0.471. The molecule has 0 spiro atoms. The van der Waals surface area contributed by atoms with Crippen molar-refractivity contribution in [3.8, 4) is 11.4 Å². The molecule has 6 nitrogen and oxygen atoms in total. The molecule has 1 aromatic carbocycles. The molecule has 7 heteroatoms. The summed E-state index contributed by atoms with van der Waals surface area (Å²) in [4.78, 5) is 16.5. The summed E-state index contributed by atoms with van der Waals surface area (Å²) in [6.45, 7) is 0.588. The molecule has 0 saturated heterocycles. The predicted molar refractivity (Wildman–Crippen MR) is 96.9 cm³/mol. The number of nitrogens with zero attached hydrogens (tertiary/aromatic N) is 2. The number of H-pyrrole nitrogens is 1. The van der Waals surface area contributed by atoms with Crippen LogP contribution in [0.2, 0.25) is 0 Å². The monoisotopic (exact) mass is 349 g/mol. The van der Waals surface area contributed by atoms with Crippen LogP contribution in [0, 0.1) is 5.41 Å². The molecule has 24 heavy (non-hydrogen) atoms. The molecule has 1 fully saturated rings. The van der Waals surface area contributed by atoms with Crippen molar-refractivity contribution in [3.63, 3.8) is 0 Å². The first-order valence-corrected chi connectivity index (χ1v) is 8.17. The van der Waals surface area contributed by atoms with Gasteiger partial charge in [0.2, 0.25) is 5.91 Å². The van der Waals surface area contributed by atoms with Gasteiger partial charge in [-0.25, -0.2) is 4.98 Å². The smallest absolute Gasteiger partial charge is 0.224 e. The zero-order chi connectivity index (χ0) is 16.1. The maximum atomic E-state index is 12.4. The van der Waals surface area contributed by atoms with Crippen molar-refractivity contribution in [2.24, 2.45) is 11.1 Å². The van der Waals surface area contributed by atoms with Crippen molar-refractivity contribution in [1.29, 1.82) is 0 Å². The normalized spacial score (nSPS) is 16.2. The minimum atomic E-state index is -0.0118. The Labute approximate surface area is 148 Å². The van der Waals surface area contributed by atoms with Crippen LogP contribution in [0.5, 0.6) is 0 Å². The molecule has 0 atom stereocenters. The Morgan fingerprint density at radius 3 is 2.50 bits per heavy atom. The topological polar surface area (TPSA) is 96.7 Å². The molecule has 1 aliphatic rings. The summed E-state index contributed by atoms with van der Waals surface area (Å²) in [6, 6.07) is 7.59. The lowest BCUT2D eigenvalue weighted by Gasteiger charge is -2.35. The largest absolute Gasteiger partial charge is 0.330 e. The standard InChI is InChI=1S/C17H23N5O.ClH/c18-11-17(8-2-1-3-9-17)10-15(23)21-14-6-4-13(5-7-14)16-19-12-20-22-16;/h4-7,12H,1-3,8-11,18H2,(H,21,23)(H,19,20,22);1H. The van der Waals surface area contributed by atoms with Gasteiger partial charge in [-0.2, -0.15) is 5.10 Å². The molecule has 2 aromatic rings. The number of rotatable bonds is 5. The number of nitrogens with two attached hydrogens (primary N) is 1. The van der Waals surface area contributed by atoms with Gasteiger partial charge in [0, 0.05) is 17.7 Å². The van der Waals surface area contributed by atoms with E-state index in [0.717, 1.165) is 24.1 Å². The van der Waals surface area contributed by atoms with Crippen molar-refractivity contribution in [3.05, 3.63) is 30.6 Å². The SMILES string of the molecule is Cl.NCC1(CC(=O)Nc2ccc(-c3ncn[nH]3)cc2)CCCCC1. The third-order valence-corrected chi connectivity index (χ3v) is 4.74. The highest BCUT2D eigenvalue weighted by Gasteiger charge is 2.32. The molecule has 130 valence electrons. The summed E-state index contributed by atoms with van der Waals surface area (Å²) in [6.07, 6.45) is 7.71.